The predicted octanol–water partition coefficient (Wildman–Crippen LogP) is 6.93. The molecule has 0 bridgehead atoms. The van der Waals surface area contributed by atoms with E-state index in [0.717, 1.165) is 12.8 Å². The molecule has 0 radical (unpaired) electrons. The van der Waals surface area contributed by atoms with Crippen LogP contribution in [0, 0.1) is 0 Å². The fourth-order valence-corrected chi connectivity index (χ4v) is 4.39. The van der Waals surface area contributed by atoms with Gasteiger partial charge in [0.2, 0.25) is 0 Å². The zero-order chi connectivity index (χ0) is 31.2. The van der Waals surface area contributed by atoms with E-state index < -0.39 is 0 Å². The normalized spacial score (nSPS) is 11.4. The molecule has 0 aromatic carbocycles. The Morgan fingerprint density at radius 1 is 0.349 bits per heavy atom. The van der Waals surface area contributed by atoms with Gasteiger partial charge >= 0.3 is 5.97 Å². The summed E-state index contributed by atoms with van der Waals surface area (Å²) in [5.74, 6) is -0.123. The molecule has 0 atom stereocenters. The second-order valence-electron chi connectivity index (χ2n) is 10.8. The smallest absolute Gasteiger partial charge is 0.305 e. The summed E-state index contributed by atoms with van der Waals surface area (Å²) in [5, 5.41) is 0. The average Bonchev–Trinajstić information content (AvgIpc) is 3.01. The SMILES string of the molecule is CCCCCCCCCCCCCCCCCC(=O)OCCOCCOCCOCCOCCOCCOCCOCC. The lowest BCUT2D eigenvalue weighted by atomic mass is 10.0. The number of hydrogen-bond donors (Lipinski definition) is 0. The maximum absolute atomic E-state index is 11.8. The van der Waals surface area contributed by atoms with Crippen LogP contribution in [0.15, 0.2) is 0 Å². The molecule has 0 aliphatic carbocycles. The highest BCUT2D eigenvalue weighted by molar-refractivity contribution is 5.69. The molecule has 0 N–H and O–H groups in total. The van der Waals surface area contributed by atoms with E-state index in [1.807, 2.05) is 6.92 Å². The van der Waals surface area contributed by atoms with Gasteiger partial charge in [-0.3, -0.25) is 4.79 Å². The van der Waals surface area contributed by atoms with Gasteiger partial charge in [0.1, 0.15) is 6.61 Å². The third-order valence-electron chi connectivity index (χ3n) is 6.91. The standard InChI is InChI=1S/C34H68O9/c1-3-5-6-7-8-9-10-11-12-13-14-15-16-17-18-19-34(35)43-33-32-42-31-30-41-29-28-40-27-26-39-25-24-38-23-22-37-21-20-36-4-2/h3-33H2,1-2H3. The van der Waals surface area contributed by atoms with Crippen molar-refractivity contribution in [3.8, 4) is 0 Å². The molecule has 0 aromatic heterocycles. The second-order valence-corrected chi connectivity index (χ2v) is 10.8. The minimum atomic E-state index is -0.123. The highest BCUT2D eigenvalue weighted by Gasteiger charge is 2.03. The van der Waals surface area contributed by atoms with Crippen molar-refractivity contribution in [3.63, 3.8) is 0 Å². The first-order chi connectivity index (χ1) is 21.3. The molecule has 43 heavy (non-hydrogen) atoms. The van der Waals surface area contributed by atoms with Crippen molar-refractivity contribution in [3.05, 3.63) is 0 Å². The number of esters is 1. The predicted molar refractivity (Wildman–Crippen MR) is 172 cm³/mol. The van der Waals surface area contributed by atoms with E-state index in [4.69, 9.17) is 37.9 Å². The molecule has 0 aliphatic heterocycles. The van der Waals surface area contributed by atoms with Gasteiger partial charge in [0.15, 0.2) is 0 Å². The maximum atomic E-state index is 11.8. The van der Waals surface area contributed by atoms with Crippen LogP contribution >= 0.6 is 0 Å². The van der Waals surface area contributed by atoms with Crippen molar-refractivity contribution in [2.75, 3.05) is 99.1 Å². The number of ether oxygens (including phenoxy) is 8. The van der Waals surface area contributed by atoms with E-state index in [2.05, 4.69) is 6.92 Å². The quantitative estimate of drug-likeness (QED) is 0.0538. The lowest BCUT2D eigenvalue weighted by molar-refractivity contribution is -0.145. The minimum absolute atomic E-state index is 0.123. The molecule has 0 fully saturated rings. The largest absolute Gasteiger partial charge is 0.463 e. The Bertz CT molecular complexity index is 522. The monoisotopic (exact) mass is 620 g/mol. The Labute approximate surface area is 264 Å². The Kier molecular flexibility index (Phi) is 38.5. The molecular formula is C34H68O9. The van der Waals surface area contributed by atoms with Gasteiger partial charge in [0.25, 0.3) is 0 Å². The van der Waals surface area contributed by atoms with Gasteiger partial charge in [0.05, 0.1) is 85.9 Å². The van der Waals surface area contributed by atoms with Crippen molar-refractivity contribution in [2.24, 2.45) is 0 Å². The van der Waals surface area contributed by atoms with Gasteiger partial charge in [-0.1, -0.05) is 96.8 Å². The zero-order valence-corrected chi connectivity index (χ0v) is 28.1. The van der Waals surface area contributed by atoms with Crippen LogP contribution in [0.5, 0.6) is 0 Å². The van der Waals surface area contributed by atoms with Crippen molar-refractivity contribution in [1.82, 2.24) is 0 Å². The van der Waals surface area contributed by atoms with Crippen LogP contribution in [0.1, 0.15) is 117 Å². The molecule has 0 unspecified atom stereocenters. The highest BCUT2D eigenvalue weighted by Crippen LogP contribution is 2.13. The van der Waals surface area contributed by atoms with Crippen LogP contribution in [0.25, 0.3) is 0 Å². The van der Waals surface area contributed by atoms with E-state index in [9.17, 15) is 4.79 Å². The number of hydrogen-bond acceptors (Lipinski definition) is 9. The molecule has 0 amide bonds. The van der Waals surface area contributed by atoms with Gasteiger partial charge < -0.3 is 37.9 Å². The summed E-state index contributed by atoms with van der Waals surface area (Å²) in [6.07, 6.45) is 20.3. The Morgan fingerprint density at radius 2 is 0.628 bits per heavy atom. The summed E-state index contributed by atoms with van der Waals surface area (Å²) >= 11 is 0. The van der Waals surface area contributed by atoms with E-state index in [0.29, 0.717) is 106 Å². The molecule has 0 heterocycles. The van der Waals surface area contributed by atoms with Crippen LogP contribution in [-0.2, 0) is 42.7 Å². The van der Waals surface area contributed by atoms with Crippen LogP contribution < -0.4 is 0 Å². The first-order valence-corrected chi connectivity index (χ1v) is 17.5. The highest BCUT2D eigenvalue weighted by atomic mass is 16.6. The fourth-order valence-electron chi connectivity index (χ4n) is 4.39. The van der Waals surface area contributed by atoms with Crippen LogP contribution in [-0.4, -0.2) is 105 Å². The van der Waals surface area contributed by atoms with E-state index in [1.54, 1.807) is 0 Å². The lowest BCUT2D eigenvalue weighted by Gasteiger charge is -2.08. The topological polar surface area (TPSA) is 90.9 Å². The summed E-state index contributed by atoms with van der Waals surface area (Å²) < 4.78 is 43.1. The van der Waals surface area contributed by atoms with E-state index >= 15 is 0 Å². The molecule has 258 valence electrons. The molecule has 0 saturated heterocycles. The maximum Gasteiger partial charge on any atom is 0.305 e. The number of carbonyl (C=O) groups excluding carboxylic acids is 1. The zero-order valence-electron chi connectivity index (χ0n) is 28.1. The second kappa shape index (κ2) is 39.2. The van der Waals surface area contributed by atoms with Gasteiger partial charge in [-0.15, -0.1) is 0 Å². The molecular weight excluding hydrogens is 552 g/mol. The molecule has 0 aromatic rings. The van der Waals surface area contributed by atoms with Crippen LogP contribution in [0.2, 0.25) is 0 Å². The molecule has 0 spiro atoms. The number of rotatable bonds is 38. The fraction of sp³-hybridized carbons (Fsp3) is 0.971. The van der Waals surface area contributed by atoms with Crippen LogP contribution in [0.4, 0.5) is 0 Å². The number of carbonyl (C=O) groups is 1. The van der Waals surface area contributed by atoms with Gasteiger partial charge in [0, 0.05) is 13.0 Å². The lowest BCUT2D eigenvalue weighted by Crippen LogP contribution is -2.15. The average molecular weight is 621 g/mol. The van der Waals surface area contributed by atoms with Crippen molar-refractivity contribution in [1.29, 1.82) is 0 Å². The molecule has 9 heteroatoms. The third kappa shape index (κ3) is 39.2. The van der Waals surface area contributed by atoms with Crippen molar-refractivity contribution in [2.45, 2.75) is 117 Å². The first kappa shape index (κ1) is 42.2. The van der Waals surface area contributed by atoms with E-state index in [1.165, 1.54) is 83.5 Å². The number of unbranched alkanes of at least 4 members (excludes halogenated alkanes) is 14. The molecule has 9 nitrogen and oxygen atoms in total. The molecule has 0 saturated carbocycles. The van der Waals surface area contributed by atoms with Gasteiger partial charge in [-0.25, -0.2) is 0 Å². The Balaban J connectivity index is 3.13. The molecule has 0 aliphatic rings. The van der Waals surface area contributed by atoms with Crippen molar-refractivity contribution < 1.29 is 42.7 Å². The molecule has 0 rings (SSSR count). The summed E-state index contributed by atoms with van der Waals surface area (Å²) in [4.78, 5) is 11.8. The van der Waals surface area contributed by atoms with Crippen LogP contribution in [0.3, 0.4) is 0 Å². The summed E-state index contributed by atoms with van der Waals surface area (Å²) in [6.45, 7) is 12.1. The summed E-state index contributed by atoms with van der Waals surface area (Å²) in [7, 11) is 0. The Morgan fingerprint density at radius 3 is 0.953 bits per heavy atom. The Hall–Kier alpha value is -0.810. The van der Waals surface area contributed by atoms with Gasteiger partial charge in [-0.05, 0) is 13.3 Å². The van der Waals surface area contributed by atoms with Gasteiger partial charge in [-0.2, -0.15) is 0 Å². The summed E-state index contributed by atoms with van der Waals surface area (Å²) in [6, 6.07) is 0. The third-order valence-corrected chi connectivity index (χ3v) is 6.91. The van der Waals surface area contributed by atoms with E-state index in [-0.39, 0.29) is 5.97 Å². The minimum Gasteiger partial charge on any atom is -0.463 e. The summed E-state index contributed by atoms with van der Waals surface area (Å²) in [5.41, 5.74) is 0. The first-order valence-electron chi connectivity index (χ1n) is 17.5. The van der Waals surface area contributed by atoms with Crippen molar-refractivity contribution >= 4 is 5.97 Å².